The van der Waals surface area contributed by atoms with Crippen molar-refractivity contribution in [2.45, 2.75) is 24.7 Å². The van der Waals surface area contributed by atoms with Crippen LogP contribution < -0.4 is 9.64 Å². The van der Waals surface area contributed by atoms with Crippen molar-refractivity contribution in [2.24, 2.45) is 11.8 Å². The highest BCUT2D eigenvalue weighted by molar-refractivity contribution is 6.25. The van der Waals surface area contributed by atoms with E-state index < -0.39 is 29.1 Å². The zero-order valence-electron chi connectivity index (χ0n) is 18.6. The van der Waals surface area contributed by atoms with E-state index in [4.69, 9.17) is 4.74 Å². The maximum Gasteiger partial charge on any atom is 0.319 e. The standard InChI is InChI=1S/C28H23NO5/c1-2-15-34-21-14-8-7-13-20(21)29-25(30)23-22-16-9-3-5-11-18(16)28(27(32)33,24(23)26(29)31)19-12-6-4-10-17(19)22/h3-14,22-24H,2,15H2,1H3,(H,32,33)/t22?,23-,24+,28?/m1/s1. The second-order valence-electron chi connectivity index (χ2n) is 9.10. The van der Waals surface area contributed by atoms with E-state index in [2.05, 4.69) is 0 Å². The van der Waals surface area contributed by atoms with Gasteiger partial charge >= 0.3 is 5.97 Å². The van der Waals surface area contributed by atoms with Crippen LogP contribution in [0.4, 0.5) is 5.69 Å². The first kappa shape index (κ1) is 20.7. The fraction of sp³-hybridized carbons (Fsp3) is 0.250. The van der Waals surface area contributed by atoms with Crippen molar-refractivity contribution in [3.63, 3.8) is 0 Å². The van der Waals surface area contributed by atoms with Crippen LogP contribution in [0.2, 0.25) is 0 Å². The molecule has 1 fully saturated rings. The van der Waals surface area contributed by atoms with E-state index in [9.17, 15) is 19.5 Å². The maximum absolute atomic E-state index is 14.1. The molecule has 6 nitrogen and oxygen atoms in total. The lowest BCUT2D eigenvalue weighted by Gasteiger charge is -2.51. The Morgan fingerprint density at radius 1 is 0.912 bits per heavy atom. The van der Waals surface area contributed by atoms with Crippen molar-refractivity contribution >= 4 is 23.5 Å². The van der Waals surface area contributed by atoms with E-state index in [0.717, 1.165) is 17.5 Å². The van der Waals surface area contributed by atoms with Gasteiger partial charge in [0.25, 0.3) is 0 Å². The highest BCUT2D eigenvalue weighted by Gasteiger charge is 2.71. The zero-order valence-corrected chi connectivity index (χ0v) is 18.6. The van der Waals surface area contributed by atoms with E-state index in [1.807, 2.05) is 31.2 Å². The molecule has 2 bridgehead atoms. The van der Waals surface area contributed by atoms with Gasteiger partial charge in [0, 0.05) is 5.92 Å². The number of anilines is 1. The summed E-state index contributed by atoms with van der Waals surface area (Å²) in [5.74, 6) is -3.75. The second kappa shape index (κ2) is 7.29. The number of benzene rings is 3. The van der Waals surface area contributed by atoms with Crippen molar-refractivity contribution < 1.29 is 24.2 Å². The SMILES string of the molecule is CCCOc1ccccc1N1C(=O)[C@@H]2C3c4ccccc4C(C(=O)O)(c4ccccc43)[C@@H]2C1=O. The number of hydrogen-bond donors (Lipinski definition) is 1. The molecule has 170 valence electrons. The first-order valence-corrected chi connectivity index (χ1v) is 11.5. The molecule has 1 heterocycles. The number of amides is 2. The monoisotopic (exact) mass is 453 g/mol. The minimum absolute atomic E-state index is 0.369. The van der Waals surface area contributed by atoms with Crippen molar-refractivity contribution in [3.05, 3.63) is 95.1 Å². The molecule has 1 saturated heterocycles. The van der Waals surface area contributed by atoms with Gasteiger partial charge in [0.2, 0.25) is 11.8 Å². The fourth-order valence-electron chi connectivity index (χ4n) is 6.35. The van der Waals surface area contributed by atoms with Crippen LogP contribution in [0.5, 0.6) is 5.75 Å². The van der Waals surface area contributed by atoms with Gasteiger partial charge in [0.15, 0.2) is 0 Å². The Kier molecular flexibility index (Phi) is 4.43. The van der Waals surface area contributed by atoms with Crippen LogP contribution >= 0.6 is 0 Å². The Hall–Kier alpha value is -3.93. The van der Waals surface area contributed by atoms with E-state index in [1.165, 1.54) is 4.90 Å². The predicted octanol–water partition coefficient (Wildman–Crippen LogP) is 4.11. The van der Waals surface area contributed by atoms with Crippen LogP contribution in [0.1, 0.15) is 41.5 Å². The summed E-state index contributed by atoms with van der Waals surface area (Å²) in [6.07, 6.45) is 0.774. The summed E-state index contributed by atoms with van der Waals surface area (Å²) < 4.78 is 5.85. The molecule has 0 saturated carbocycles. The number of carbonyl (C=O) groups excluding carboxylic acids is 2. The number of aliphatic carboxylic acids is 1. The van der Waals surface area contributed by atoms with E-state index in [0.29, 0.717) is 29.2 Å². The van der Waals surface area contributed by atoms with Crippen molar-refractivity contribution in [1.29, 1.82) is 0 Å². The largest absolute Gasteiger partial charge is 0.491 e. The Morgan fingerprint density at radius 3 is 2.12 bits per heavy atom. The molecule has 34 heavy (non-hydrogen) atoms. The number of hydrogen-bond acceptors (Lipinski definition) is 4. The van der Waals surface area contributed by atoms with Crippen LogP contribution in [0.3, 0.4) is 0 Å². The van der Waals surface area contributed by atoms with Gasteiger partial charge in [-0.15, -0.1) is 0 Å². The summed E-state index contributed by atoms with van der Waals surface area (Å²) in [7, 11) is 0. The molecule has 2 amide bonds. The number of imide groups is 1. The quantitative estimate of drug-likeness (QED) is 0.588. The Bertz CT molecular complexity index is 1310. The lowest BCUT2D eigenvalue weighted by molar-refractivity contribution is -0.149. The summed E-state index contributed by atoms with van der Waals surface area (Å²) in [5, 5.41) is 10.8. The number of ether oxygens (including phenoxy) is 1. The lowest BCUT2D eigenvalue weighted by Crippen LogP contribution is -2.57. The number of carboxylic acid groups (broad SMARTS) is 1. The number of para-hydroxylation sites is 2. The van der Waals surface area contributed by atoms with Crippen molar-refractivity contribution in [3.8, 4) is 5.75 Å². The topological polar surface area (TPSA) is 83.9 Å². The highest BCUT2D eigenvalue weighted by atomic mass is 16.5. The summed E-state index contributed by atoms with van der Waals surface area (Å²) in [6.45, 7) is 2.42. The fourth-order valence-corrected chi connectivity index (χ4v) is 6.35. The molecule has 6 heteroatoms. The molecule has 0 aromatic heterocycles. The smallest absolute Gasteiger partial charge is 0.319 e. The van der Waals surface area contributed by atoms with Crippen LogP contribution in [0.15, 0.2) is 72.8 Å². The Balaban J connectivity index is 1.61. The van der Waals surface area contributed by atoms with Crippen LogP contribution in [-0.4, -0.2) is 29.5 Å². The minimum atomic E-state index is -1.63. The second-order valence-corrected chi connectivity index (χ2v) is 9.10. The molecule has 3 aliphatic carbocycles. The molecular weight excluding hydrogens is 430 g/mol. The number of nitrogens with zero attached hydrogens (tertiary/aromatic N) is 1. The van der Waals surface area contributed by atoms with Gasteiger partial charge in [-0.1, -0.05) is 67.6 Å². The lowest BCUT2D eigenvalue weighted by atomic mass is 9.47. The third kappa shape index (κ3) is 2.37. The number of carbonyl (C=O) groups is 3. The van der Waals surface area contributed by atoms with Crippen LogP contribution in [-0.2, 0) is 19.8 Å². The van der Waals surface area contributed by atoms with E-state index in [-0.39, 0.29) is 11.8 Å². The Morgan fingerprint density at radius 2 is 1.50 bits per heavy atom. The van der Waals surface area contributed by atoms with Gasteiger partial charge in [-0.25, -0.2) is 4.90 Å². The van der Waals surface area contributed by atoms with Gasteiger partial charge in [-0.2, -0.15) is 0 Å². The summed E-state index contributed by atoms with van der Waals surface area (Å²) >= 11 is 0. The average Bonchev–Trinajstić information content (AvgIpc) is 3.13. The summed E-state index contributed by atoms with van der Waals surface area (Å²) in [5.41, 5.74) is 1.56. The zero-order chi connectivity index (χ0) is 23.6. The molecule has 0 radical (unpaired) electrons. The molecule has 7 rings (SSSR count). The van der Waals surface area contributed by atoms with Gasteiger partial charge in [-0.05, 0) is 40.8 Å². The molecular formula is C28H23NO5. The van der Waals surface area contributed by atoms with Crippen molar-refractivity contribution in [2.75, 3.05) is 11.5 Å². The van der Waals surface area contributed by atoms with Gasteiger partial charge in [0.05, 0.1) is 24.1 Å². The van der Waals surface area contributed by atoms with Gasteiger partial charge < -0.3 is 9.84 Å². The molecule has 4 aliphatic rings. The third-order valence-corrected chi connectivity index (χ3v) is 7.52. The van der Waals surface area contributed by atoms with Crippen LogP contribution in [0, 0.1) is 11.8 Å². The minimum Gasteiger partial charge on any atom is -0.491 e. The third-order valence-electron chi connectivity index (χ3n) is 7.52. The van der Waals surface area contributed by atoms with Crippen LogP contribution in [0.25, 0.3) is 0 Å². The summed E-state index contributed by atoms with van der Waals surface area (Å²) in [4.78, 5) is 42.5. The molecule has 3 aromatic rings. The normalized spacial score (nSPS) is 26.1. The molecule has 3 aromatic carbocycles. The molecule has 0 unspecified atom stereocenters. The molecule has 0 spiro atoms. The van der Waals surface area contributed by atoms with Gasteiger partial charge in [-0.3, -0.25) is 14.4 Å². The van der Waals surface area contributed by atoms with E-state index in [1.54, 1.807) is 48.5 Å². The van der Waals surface area contributed by atoms with Crippen molar-refractivity contribution in [1.82, 2.24) is 0 Å². The van der Waals surface area contributed by atoms with Gasteiger partial charge in [0.1, 0.15) is 11.2 Å². The average molecular weight is 453 g/mol. The number of rotatable bonds is 5. The molecule has 1 aliphatic heterocycles. The maximum atomic E-state index is 14.1. The Labute approximate surface area is 196 Å². The summed E-state index contributed by atoms with van der Waals surface area (Å²) in [6, 6.07) is 21.7. The van der Waals surface area contributed by atoms with E-state index >= 15 is 0 Å². The molecule has 2 atom stereocenters. The molecule has 1 N–H and O–H groups in total. The highest BCUT2D eigenvalue weighted by Crippen LogP contribution is 2.64. The first-order chi connectivity index (χ1) is 16.5. The predicted molar refractivity (Wildman–Crippen MR) is 125 cm³/mol. The first-order valence-electron chi connectivity index (χ1n) is 11.5. The number of carboxylic acids is 1.